The van der Waals surface area contributed by atoms with Gasteiger partial charge in [-0.2, -0.15) is 5.10 Å². The van der Waals surface area contributed by atoms with Crippen LogP contribution in [0.25, 0.3) is 5.82 Å². The molecule has 0 fully saturated rings. The molecule has 2 rings (SSSR count). The number of pyridine rings is 1. The predicted octanol–water partition coefficient (Wildman–Crippen LogP) is 1.73. The molecule has 0 aliphatic carbocycles. The maximum Gasteiger partial charge on any atom is 0.337 e. The molecule has 0 saturated carbocycles. The zero-order valence-corrected chi connectivity index (χ0v) is 9.05. The summed E-state index contributed by atoms with van der Waals surface area (Å²) in [6.07, 6.45) is 4.67. The van der Waals surface area contributed by atoms with Crippen LogP contribution in [0.4, 0.5) is 0 Å². The normalized spacial score (nSPS) is 10.2. The van der Waals surface area contributed by atoms with E-state index in [0.717, 1.165) is 4.47 Å². The minimum absolute atomic E-state index is 0.157. The van der Waals surface area contributed by atoms with E-state index in [1.807, 2.05) is 0 Å². The van der Waals surface area contributed by atoms with Gasteiger partial charge in [-0.3, -0.25) is 0 Å². The first-order chi connectivity index (χ1) is 7.16. The third-order valence-corrected chi connectivity index (χ3v) is 2.19. The Hall–Kier alpha value is -1.69. The van der Waals surface area contributed by atoms with E-state index in [2.05, 4.69) is 26.0 Å². The van der Waals surface area contributed by atoms with Crippen molar-refractivity contribution in [3.05, 3.63) is 40.8 Å². The Labute approximate surface area is 93.5 Å². The molecule has 5 nitrogen and oxygen atoms in total. The third kappa shape index (κ3) is 2.04. The van der Waals surface area contributed by atoms with Gasteiger partial charge in [-0.05, 0) is 28.1 Å². The monoisotopic (exact) mass is 267 g/mol. The first-order valence-corrected chi connectivity index (χ1v) is 4.86. The van der Waals surface area contributed by atoms with Crippen LogP contribution < -0.4 is 0 Å². The van der Waals surface area contributed by atoms with Gasteiger partial charge in [-0.1, -0.05) is 0 Å². The molecule has 0 amide bonds. The second-order valence-electron chi connectivity index (χ2n) is 2.81. The largest absolute Gasteiger partial charge is 0.478 e. The van der Waals surface area contributed by atoms with Gasteiger partial charge in [0.25, 0.3) is 0 Å². The Bertz CT molecular complexity index is 492. The summed E-state index contributed by atoms with van der Waals surface area (Å²) in [5, 5.41) is 12.7. The Morgan fingerprint density at radius 2 is 2.20 bits per heavy atom. The summed E-state index contributed by atoms with van der Waals surface area (Å²) in [5.74, 6) is -0.415. The molecule has 2 heterocycles. The molecule has 6 heteroatoms. The van der Waals surface area contributed by atoms with Crippen LogP contribution in [-0.2, 0) is 0 Å². The van der Waals surface area contributed by atoms with Gasteiger partial charge in [0.1, 0.15) is 0 Å². The van der Waals surface area contributed by atoms with Crippen LogP contribution >= 0.6 is 15.9 Å². The van der Waals surface area contributed by atoms with Crippen molar-refractivity contribution in [1.82, 2.24) is 14.8 Å². The number of nitrogens with zero attached hydrogens (tertiary/aromatic N) is 3. The van der Waals surface area contributed by atoms with Crippen LogP contribution in [0.5, 0.6) is 0 Å². The zero-order valence-electron chi connectivity index (χ0n) is 7.46. The molecule has 0 aliphatic heterocycles. The fraction of sp³-hybridized carbons (Fsp3) is 0. The summed E-state index contributed by atoms with van der Waals surface area (Å²) in [6, 6.07) is 3.09. The molecule has 0 saturated heterocycles. The molecule has 0 spiro atoms. The molecule has 0 aliphatic rings. The number of carbonyl (C=O) groups is 1. The Morgan fingerprint density at radius 1 is 1.40 bits per heavy atom. The van der Waals surface area contributed by atoms with Crippen molar-refractivity contribution >= 4 is 21.9 Å². The SMILES string of the molecule is O=C(O)c1ccc(-n2cc(Br)cn2)nc1. The van der Waals surface area contributed by atoms with Crippen LogP contribution in [0, 0.1) is 0 Å². The van der Waals surface area contributed by atoms with Gasteiger partial charge in [0.05, 0.1) is 16.2 Å². The van der Waals surface area contributed by atoms with Crippen molar-refractivity contribution in [2.24, 2.45) is 0 Å². The maximum atomic E-state index is 10.6. The minimum Gasteiger partial charge on any atom is -0.478 e. The topological polar surface area (TPSA) is 68.0 Å². The number of carboxylic acids is 1. The van der Waals surface area contributed by atoms with E-state index in [0.29, 0.717) is 5.82 Å². The molecule has 0 aromatic carbocycles. The average Bonchev–Trinajstić information content (AvgIpc) is 2.65. The van der Waals surface area contributed by atoms with Gasteiger partial charge in [-0.25, -0.2) is 14.5 Å². The number of carboxylic acid groups (broad SMARTS) is 1. The molecule has 0 unspecified atom stereocenters. The predicted molar refractivity (Wildman–Crippen MR) is 56.0 cm³/mol. The van der Waals surface area contributed by atoms with Gasteiger partial charge in [0.2, 0.25) is 0 Å². The molecular formula is C9H6BrN3O2. The lowest BCUT2D eigenvalue weighted by Gasteiger charge is -1.99. The van der Waals surface area contributed by atoms with Gasteiger partial charge in [0, 0.05) is 12.4 Å². The average molecular weight is 268 g/mol. The number of aromatic nitrogens is 3. The van der Waals surface area contributed by atoms with Crippen molar-refractivity contribution in [2.75, 3.05) is 0 Å². The van der Waals surface area contributed by atoms with E-state index in [9.17, 15) is 4.79 Å². The highest BCUT2D eigenvalue weighted by Crippen LogP contribution is 2.10. The number of halogens is 1. The van der Waals surface area contributed by atoms with Crippen molar-refractivity contribution in [2.45, 2.75) is 0 Å². The maximum absolute atomic E-state index is 10.6. The van der Waals surface area contributed by atoms with Crippen molar-refractivity contribution in [3.63, 3.8) is 0 Å². The van der Waals surface area contributed by atoms with Gasteiger partial charge in [0.15, 0.2) is 5.82 Å². The summed E-state index contributed by atoms with van der Waals surface area (Å²) in [4.78, 5) is 14.6. The van der Waals surface area contributed by atoms with E-state index < -0.39 is 5.97 Å². The Balaban J connectivity index is 2.35. The van der Waals surface area contributed by atoms with E-state index in [1.165, 1.54) is 12.3 Å². The van der Waals surface area contributed by atoms with E-state index in [4.69, 9.17) is 5.11 Å². The lowest BCUT2D eigenvalue weighted by atomic mass is 10.3. The van der Waals surface area contributed by atoms with Gasteiger partial charge < -0.3 is 5.11 Å². The summed E-state index contributed by atoms with van der Waals surface area (Å²) in [7, 11) is 0. The second kappa shape index (κ2) is 3.82. The van der Waals surface area contributed by atoms with Crippen LogP contribution in [0.2, 0.25) is 0 Å². The highest BCUT2D eigenvalue weighted by atomic mass is 79.9. The number of hydrogen-bond acceptors (Lipinski definition) is 3. The van der Waals surface area contributed by atoms with Crippen LogP contribution in [-0.4, -0.2) is 25.8 Å². The Morgan fingerprint density at radius 3 is 2.67 bits per heavy atom. The van der Waals surface area contributed by atoms with Crippen LogP contribution in [0.3, 0.4) is 0 Å². The number of aromatic carboxylic acids is 1. The van der Waals surface area contributed by atoms with E-state index in [1.54, 1.807) is 23.1 Å². The summed E-state index contributed by atoms with van der Waals surface area (Å²) < 4.78 is 2.39. The zero-order chi connectivity index (χ0) is 10.8. The molecule has 76 valence electrons. The van der Waals surface area contributed by atoms with E-state index >= 15 is 0 Å². The summed E-state index contributed by atoms with van der Waals surface area (Å²) in [6.45, 7) is 0. The molecular weight excluding hydrogens is 262 g/mol. The quantitative estimate of drug-likeness (QED) is 0.900. The summed E-state index contributed by atoms with van der Waals surface area (Å²) in [5.41, 5.74) is 0.157. The van der Waals surface area contributed by atoms with Gasteiger partial charge in [-0.15, -0.1) is 0 Å². The van der Waals surface area contributed by atoms with E-state index in [-0.39, 0.29) is 5.56 Å². The first-order valence-electron chi connectivity index (χ1n) is 4.07. The lowest BCUT2D eigenvalue weighted by Crippen LogP contribution is -2.01. The molecule has 0 atom stereocenters. The highest BCUT2D eigenvalue weighted by Gasteiger charge is 2.04. The number of rotatable bonds is 2. The molecule has 1 N–H and O–H groups in total. The second-order valence-corrected chi connectivity index (χ2v) is 3.73. The lowest BCUT2D eigenvalue weighted by molar-refractivity contribution is 0.0696. The van der Waals surface area contributed by atoms with Crippen LogP contribution in [0.1, 0.15) is 10.4 Å². The number of hydrogen-bond donors (Lipinski definition) is 1. The minimum atomic E-state index is -0.990. The van der Waals surface area contributed by atoms with Crippen LogP contribution in [0.15, 0.2) is 35.2 Å². The fourth-order valence-electron chi connectivity index (χ4n) is 1.07. The first kappa shape index (κ1) is 9.85. The highest BCUT2D eigenvalue weighted by molar-refractivity contribution is 9.10. The standard InChI is InChI=1S/C9H6BrN3O2/c10-7-4-12-13(5-7)8-2-1-6(3-11-8)9(14)15/h1-5H,(H,14,15). The molecule has 15 heavy (non-hydrogen) atoms. The van der Waals surface area contributed by atoms with Crippen molar-refractivity contribution < 1.29 is 9.90 Å². The fourth-order valence-corrected chi connectivity index (χ4v) is 1.36. The van der Waals surface area contributed by atoms with Crippen molar-refractivity contribution in [1.29, 1.82) is 0 Å². The molecule has 2 aromatic rings. The molecule has 0 radical (unpaired) electrons. The van der Waals surface area contributed by atoms with Crippen molar-refractivity contribution in [3.8, 4) is 5.82 Å². The summed E-state index contributed by atoms with van der Waals surface area (Å²) >= 11 is 3.26. The van der Waals surface area contributed by atoms with Gasteiger partial charge >= 0.3 is 5.97 Å². The smallest absolute Gasteiger partial charge is 0.337 e. The molecule has 2 aromatic heterocycles. The third-order valence-electron chi connectivity index (χ3n) is 1.78. The Kier molecular flexibility index (Phi) is 2.51. The molecule has 0 bridgehead atoms.